The molecule has 0 aliphatic heterocycles. The van der Waals surface area contributed by atoms with Gasteiger partial charge >= 0.3 is 6.03 Å². The van der Waals surface area contributed by atoms with Crippen molar-refractivity contribution < 1.29 is 9.53 Å². The van der Waals surface area contributed by atoms with Crippen LogP contribution in [0.4, 0.5) is 10.5 Å². The lowest BCUT2D eigenvalue weighted by molar-refractivity contribution is 0.198. The van der Waals surface area contributed by atoms with Crippen LogP contribution in [0.1, 0.15) is 76.0 Å². The molecule has 6 heteroatoms. The molecule has 236 valence electrons. The first-order chi connectivity index (χ1) is 21.8. The highest BCUT2D eigenvalue weighted by atomic mass is 16.5. The van der Waals surface area contributed by atoms with Crippen LogP contribution in [0, 0.1) is 5.41 Å². The number of urea groups is 1. The molecule has 6 nitrogen and oxygen atoms in total. The minimum atomic E-state index is -0.167. The van der Waals surface area contributed by atoms with Crippen LogP contribution in [-0.2, 0) is 19.6 Å². The summed E-state index contributed by atoms with van der Waals surface area (Å²) in [5, 5.41) is 6.83. The number of nitrogens with one attached hydrogen (secondary N) is 2. The zero-order valence-electron chi connectivity index (χ0n) is 27.1. The summed E-state index contributed by atoms with van der Waals surface area (Å²) in [6.45, 7) is 8.89. The number of aromatic nitrogens is 1. The van der Waals surface area contributed by atoms with Crippen LogP contribution in [0.2, 0.25) is 0 Å². The number of ether oxygens (including phenoxy) is 1. The Bertz CT molecular complexity index is 1460. The van der Waals surface area contributed by atoms with Crippen molar-refractivity contribution in [3.63, 3.8) is 0 Å². The molecular formula is C39H48N4O2. The average molecular weight is 605 g/mol. The summed E-state index contributed by atoms with van der Waals surface area (Å²) in [5.74, 6) is 0.788. The van der Waals surface area contributed by atoms with Gasteiger partial charge in [0, 0.05) is 43.8 Å². The van der Waals surface area contributed by atoms with Gasteiger partial charge in [0.15, 0.2) is 0 Å². The maximum absolute atomic E-state index is 13.5. The number of nitrogens with zero attached hydrogens (tertiary/aromatic N) is 2. The predicted molar refractivity (Wildman–Crippen MR) is 184 cm³/mol. The first-order valence-corrected chi connectivity index (χ1v) is 16.4. The Balaban J connectivity index is 1.20. The highest BCUT2D eigenvalue weighted by Crippen LogP contribution is 2.24. The fourth-order valence-corrected chi connectivity index (χ4v) is 5.63. The number of amides is 2. The largest absolute Gasteiger partial charge is 0.493 e. The molecule has 0 saturated heterocycles. The highest BCUT2D eigenvalue weighted by Gasteiger charge is 2.17. The maximum atomic E-state index is 13.5. The van der Waals surface area contributed by atoms with E-state index < -0.39 is 0 Å². The van der Waals surface area contributed by atoms with Gasteiger partial charge in [0.1, 0.15) is 5.75 Å². The van der Waals surface area contributed by atoms with Gasteiger partial charge in [-0.3, -0.25) is 4.98 Å². The Morgan fingerprint density at radius 3 is 2.02 bits per heavy atom. The Kier molecular flexibility index (Phi) is 11.3. The van der Waals surface area contributed by atoms with Crippen LogP contribution in [0.3, 0.4) is 0 Å². The summed E-state index contributed by atoms with van der Waals surface area (Å²) >= 11 is 0. The standard InChI is InChI=1S/C39H48N4O2/c1-39(2,3)29-45-37-22-20-36(21-23-37)42-38(44)43(28-32-9-8-24-40-25-32)27-31-14-18-34(19-15-31)33-16-12-30(13-17-33)26-41-35-10-6-4-5-7-11-35/h8-9,12-25,35,41H,4-7,10-11,26-29H2,1-3H3,(H,42,44). The van der Waals surface area contributed by atoms with Crippen molar-refractivity contribution in [2.45, 2.75) is 85.0 Å². The third kappa shape index (κ3) is 10.5. The van der Waals surface area contributed by atoms with E-state index in [9.17, 15) is 4.79 Å². The minimum Gasteiger partial charge on any atom is -0.493 e. The van der Waals surface area contributed by atoms with Crippen molar-refractivity contribution >= 4 is 11.7 Å². The van der Waals surface area contributed by atoms with Gasteiger partial charge in [0.05, 0.1) is 6.61 Å². The Hall–Kier alpha value is -4.16. The molecular weight excluding hydrogens is 556 g/mol. The molecule has 0 spiro atoms. The molecule has 2 amide bonds. The topological polar surface area (TPSA) is 66.5 Å². The molecule has 0 unspecified atom stereocenters. The van der Waals surface area contributed by atoms with Crippen molar-refractivity contribution in [3.05, 3.63) is 114 Å². The normalized spacial score (nSPS) is 14.0. The Morgan fingerprint density at radius 2 is 1.42 bits per heavy atom. The summed E-state index contributed by atoms with van der Waals surface area (Å²) in [6.07, 6.45) is 11.6. The molecule has 3 aromatic carbocycles. The molecule has 0 radical (unpaired) electrons. The molecule has 1 fully saturated rings. The van der Waals surface area contributed by atoms with E-state index in [1.54, 1.807) is 12.4 Å². The number of hydrogen-bond donors (Lipinski definition) is 2. The van der Waals surface area contributed by atoms with Crippen molar-refractivity contribution in [1.82, 2.24) is 15.2 Å². The van der Waals surface area contributed by atoms with Gasteiger partial charge in [-0.05, 0) is 76.4 Å². The van der Waals surface area contributed by atoms with Gasteiger partial charge in [-0.1, -0.05) is 101 Å². The van der Waals surface area contributed by atoms with Crippen LogP contribution in [0.15, 0.2) is 97.3 Å². The first-order valence-electron chi connectivity index (χ1n) is 16.4. The molecule has 0 atom stereocenters. The van der Waals surface area contributed by atoms with Gasteiger partial charge < -0.3 is 20.3 Å². The van der Waals surface area contributed by atoms with Crippen molar-refractivity contribution in [2.24, 2.45) is 5.41 Å². The summed E-state index contributed by atoms with van der Waals surface area (Å²) < 4.78 is 5.89. The van der Waals surface area contributed by atoms with Crippen LogP contribution in [0.5, 0.6) is 5.75 Å². The Morgan fingerprint density at radius 1 is 0.800 bits per heavy atom. The molecule has 45 heavy (non-hydrogen) atoms. The molecule has 4 aromatic rings. The SMILES string of the molecule is CC(C)(C)COc1ccc(NC(=O)N(Cc2ccc(-c3ccc(CNC4CCCCCC4)cc3)cc2)Cc2cccnc2)cc1. The number of rotatable bonds is 11. The number of carbonyl (C=O) groups is 1. The second kappa shape index (κ2) is 15.7. The van der Waals surface area contributed by atoms with Crippen LogP contribution in [-0.4, -0.2) is 28.6 Å². The van der Waals surface area contributed by atoms with E-state index >= 15 is 0 Å². The zero-order valence-corrected chi connectivity index (χ0v) is 27.1. The smallest absolute Gasteiger partial charge is 0.322 e. The minimum absolute atomic E-state index is 0.0770. The van der Waals surface area contributed by atoms with Crippen molar-refractivity contribution in [3.8, 4) is 16.9 Å². The molecule has 1 aromatic heterocycles. The van der Waals surface area contributed by atoms with Crippen LogP contribution in [0.25, 0.3) is 11.1 Å². The lowest BCUT2D eigenvalue weighted by atomic mass is 9.99. The Labute approximate surface area is 269 Å². The third-order valence-corrected chi connectivity index (χ3v) is 8.23. The summed E-state index contributed by atoms with van der Waals surface area (Å²) in [4.78, 5) is 19.6. The molecule has 1 aliphatic carbocycles. The van der Waals surface area contributed by atoms with Crippen molar-refractivity contribution in [1.29, 1.82) is 0 Å². The van der Waals surface area contributed by atoms with E-state index in [2.05, 4.69) is 84.9 Å². The predicted octanol–water partition coefficient (Wildman–Crippen LogP) is 9.22. The summed E-state index contributed by atoms with van der Waals surface area (Å²) in [6, 6.07) is 29.3. The summed E-state index contributed by atoms with van der Waals surface area (Å²) in [5.41, 5.74) is 6.52. The molecule has 1 heterocycles. The van der Waals surface area contributed by atoms with E-state index in [0.717, 1.165) is 29.1 Å². The lowest BCUT2D eigenvalue weighted by Crippen LogP contribution is -2.34. The monoisotopic (exact) mass is 604 g/mol. The van der Waals surface area contributed by atoms with E-state index in [-0.39, 0.29) is 11.4 Å². The number of anilines is 1. The van der Waals surface area contributed by atoms with Crippen LogP contribution < -0.4 is 15.4 Å². The summed E-state index contributed by atoms with van der Waals surface area (Å²) in [7, 11) is 0. The third-order valence-electron chi connectivity index (χ3n) is 8.23. The zero-order chi connectivity index (χ0) is 31.5. The average Bonchev–Trinajstić information content (AvgIpc) is 3.33. The van der Waals surface area contributed by atoms with Gasteiger partial charge in [0.25, 0.3) is 0 Å². The van der Waals surface area contributed by atoms with Gasteiger partial charge in [-0.25, -0.2) is 4.79 Å². The second-order valence-corrected chi connectivity index (χ2v) is 13.5. The maximum Gasteiger partial charge on any atom is 0.322 e. The number of hydrogen-bond acceptors (Lipinski definition) is 4. The molecule has 5 rings (SSSR count). The van der Waals surface area contributed by atoms with Crippen molar-refractivity contribution in [2.75, 3.05) is 11.9 Å². The quantitative estimate of drug-likeness (QED) is 0.168. The second-order valence-electron chi connectivity index (χ2n) is 13.5. The fourth-order valence-electron chi connectivity index (χ4n) is 5.63. The number of carbonyl (C=O) groups excluding carboxylic acids is 1. The number of benzene rings is 3. The van der Waals surface area contributed by atoms with Gasteiger partial charge in [-0.2, -0.15) is 0 Å². The van der Waals surface area contributed by atoms with E-state index in [4.69, 9.17) is 4.74 Å². The first kappa shape index (κ1) is 32.2. The van der Waals surface area contributed by atoms with Gasteiger partial charge in [0.2, 0.25) is 0 Å². The molecule has 1 saturated carbocycles. The molecule has 0 bridgehead atoms. The van der Waals surface area contributed by atoms with Crippen LogP contribution >= 0.6 is 0 Å². The number of pyridine rings is 1. The highest BCUT2D eigenvalue weighted by molar-refractivity contribution is 5.89. The van der Waals surface area contributed by atoms with E-state index in [1.807, 2.05) is 41.3 Å². The van der Waals surface area contributed by atoms with E-state index in [1.165, 1.54) is 55.2 Å². The van der Waals surface area contributed by atoms with E-state index in [0.29, 0.717) is 25.7 Å². The fraction of sp³-hybridized carbons (Fsp3) is 0.385. The molecule has 1 aliphatic rings. The lowest BCUT2D eigenvalue weighted by Gasteiger charge is -2.24. The molecule has 2 N–H and O–H groups in total. The van der Waals surface area contributed by atoms with Gasteiger partial charge in [-0.15, -0.1) is 0 Å².